The molecule has 5 heteroatoms. The van der Waals surface area contributed by atoms with Crippen LogP contribution in [-0.2, 0) is 4.79 Å². The third kappa shape index (κ3) is 4.95. The van der Waals surface area contributed by atoms with Gasteiger partial charge in [-0.15, -0.1) is 0 Å². The lowest BCUT2D eigenvalue weighted by atomic mass is 10.0. The van der Waals surface area contributed by atoms with Crippen molar-refractivity contribution < 1.29 is 9.53 Å². The summed E-state index contributed by atoms with van der Waals surface area (Å²) in [5, 5.41) is 3.73. The second kappa shape index (κ2) is 8.49. The molecule has 1 fully saturated rings. The van der Waals surface area contributed by atoms with Crippen LogP contribution in [0.5, 0.6) is 5.75 Å². The van der Waals surface area contributed by atoms with Gasteiger partial charge in [0.2, 0.25) is 5.91 Å². The zero-order chi connectivity index (χ0) is 17.7. The number of carbonyl (C=O) groups excluding carboxylic acids is 1. The van der Waals surface area contributed by atoms with Crippen molar-refractivity contribution in [1.29, 1.82) is 0 Å². The molecule has 1 amide bonds. The predicted octanol–water partition coefficient (Wildman–Crippen LogP) is 2.21. The first-order chi connectivity index (χ1) is 11.4. The largest absolute Gasteiger partial charge is 0.496 e. The molecule has 1 saturated heterocycles. The molecule has 5 nitrogen and oxygen atoms in total. The normalized spacial score (nSPS) is 17.5. The Morgan fingerprint density at radius 1 is 1.38 bits per heavy atom. The summed E-state index contributed by atoms with van der Waals surface area (Å²) in [4.78, 5) is 15.7. The molecule has 24 heavy (non-hydrogen) atoms. The van der Waals surface area contributed by atoms with Gasteiger partial charge in [-0.1, -0.05) is 12.1 Å². The van der Waals surface area contributed by atoms with E-state index in [0.717, 1.165) is 31.7 Å². The van der Waals surface area contributed by atoms with E-state index in [1.165, 1.54) is 11.1 Å². The number of aryl methyl sites for hydroxylation is 1. The summed E-state index contributed by atoms with van der Waals surface area (Å²) in [5.74, 6) is 1.12. The summed E-state index contributed by atoms with van der Waals surface area (Å²) in [7, 11) is 5.34. The topological polar surface area (TPSA) is 44.8 Å². The molecule has 0 radical (unpaired) electrons. The van der Waals surface area contributed by atoms with Crippen molar-refractivity contribution >= 4 is 5.91 Å². The molecule has 0 spiro atoms. The SMILES string of the molecule is COc1ccc([C@H](C)NC2CCN(CC(=O)N(C)C)CC2)cc1C. The number of benzene rings is 1. The molecule has 1 atom stereocenters. The maximum absolute atomic E-state index is 11.8. The van der Waals surface area contributed by atoms with E-state index in [-0.39, 0.29) is 5.91 Å². The van der Waals surface area contributed by atoms with Crippen LogP contribution >= 0.6 is 0 Å². The molecule has 1 aromatic rings. The van der Waals surface area contributed by atoms with Crippen LogP contribution in [0, 0.1) is 6.92 Å². The Morgan fingerprint density at radius 3 is 2.58 bits per heavy atom. The van der Waals surface area contributed by atoms with Crippen molar-refractivity contribution in [3.05, 3.63) is 29.3 Å². The van der Waals surface area contributed by atoms with Crippen LogP contribution in [0.4, 0.5) is 0 Å². The minimum absolute atomic E-state index is 0.184. The lowest BCUT2D eigenvalue weighted by Crippen LogP contribution is -2.46. The lowest BCUT2D eigenvalue weighted by molar-refractivity contribution is -0.130. The fourth-order valence-corrected chi connectivity index (χ4v) is 3.21. The molecule has 1 aliphatic rings. The minimum Gasteiger partial charge on any atom is -0.496 e. The number of hydrogen-bond donors (Lipinski definition) is 1. The molecule has 134 valence electrons. The van der Waals surface area contributed by atoms with Gasteiger partial charge >= 0.3 is 0 Å². The van der Waals surface area contributed by atoms with Gasteiger partial charge in [0.15, 0.2) is 0 Å². The van der Waals surface area contributed by atoms with Crippen molar-refractivity contribution in [3.8, 4) is 5.75 Å². The minimum atomic E-state index is 0.184. The highest BCUT2D eigenvalue weighted by molar-refractivity contribution is 5.77. The highest BCUT2D eigenvalue weighted by atomic mass is 16.5. The quantitative estimate of drug-likeness (QED) is 0.867. The number of amides is 1. The van der Waals surface area contributed by atoms with Gasteiger partial charge in [0.1, 0.15) is 5.75 Å². The van der Waals surface area contributed by atoms with Gasteiger partial charge in [-0.05, 0) is 43.9 Å². The average Bonchev–Trinajstić information content (AvgIpc) is 2.56. The maximum Gasteiger partial charge on any atom is 0.236 e. The zero-order valence-electron chi connectivity index (χ0n) is 15.6. The van der Waals surface area contributed by atoms with E-state index >= 15 is 0 Å². The number of nitrogens with zero attached hydrogens (tertiary/aromatic N) is 2. The Kier molecular flexibility index (Phi) is 6.63. The Morgan fingerprint density at radius 2 is 2.04 bits per heavy atom. The van der Waals surface area contributed by atoms with Gasteiger partial charge in [0, 0.05) is 39.3 Å². The van der Waals surface area contributed by atoms with Crippen LogP contribution in [-0.4, -0.2) is 62.6 Å². The number of rotatable bonds is 6. The number of methoxy groups -OCH3 is 1. The predicted molar refractivity (Wildman–Crippen MR) is 97.4 cm³/mol. The Labute approximate surface area is 146 Å². The second-order valence-electron chi connectivity index (χ2n) is 6.96. The van der Waals surface area contributed by atoms with E-state index in [1.807, 2.05) is 20.2 Å². The summed E-state index contributed by atoms with van der Waals surface area (Å²) in [6.45, 7) is 6.78. The fourth-order valence-electron chi connectivity index (χ4n) is 3.21. The number of likely N-dealkylation sites (tertiary alicyclic amines) is 1. The third-order valence-electron chi connectivity index (χ3n) is 4.85. The molecule has 0 bridgehead atoms. The van der Waals surface area contributed by atoms with E-state index in [2.05, 4.69) is 36.2 Å². The van der Waals surface area contributed by atoms with E-state index in [9.17, 15) is 4.79 Å². The van der Waals surface area contributed by atoms with Gasteiger partial charge in [-0.25, -0.2) is 0 Å². The molecule has 1 aliphatic heterocycles. The van der Waals surface area contributed by atoms with E-state index in [4.69, 9.17) is 4.74 Å². The van der Waals surface area contributed by atoms with E-state index < -0.39 is 0 Å². The summed E-state index contributed by atoms with van der Waals surface area (Å²) in [5.41, 5.74) is 2.46. The summed E-state index contributed by atoms with van der Waals surface area (Å²) in [6, 6.07) is 7.19. The number of ether oxygens (including phenoxy) is 1. The first kappa shape index (κ1) is 18.7. The number of carbonyl (C=O) groups is 1. The van der Waals surface area contributed by atoms with Gasteiger partial charge in [0.25, 0.3) is 0 Å². The monoisotopic (exact) mass is 333 g/mol. The average molecular weight is 333 g/mol. The van der Waals surface area contributed by atoms with Crippen molar-refractivity contribution in [2.75, 3.05) is 40.8 Å². The number of piperidine rings is 1. The van der Waals surface area contributed by atoms with Gasteiger partial charge in [0.05, 0.1) is 13.7 Å². The maximum atomic E-state index is 11.8. The van der Waals surface area contributed by atoms with E-state index in [0.29, 0.717) is 18.6 Å². The molecular formula is C19H31N3O2. The molecule has 1 heterocycles. The second-order valence-corrected chi connectivity index (χ2v) is 6.96. The van der Waals surface area contributed by atoms with Gasteiger partial charge in [-0.2, -0.15) is 0 Å². The van der Waals surface area contributed by atoms with Gasteiger partial charge < -0.3 is 15.0 Å². The van der Waals surface area contributed by atoms with Crippen LogP contribution in [0.3, 0.4) is 0 Å². The number of likely N-dealkylation sites (N-methyl/N-ethyl adjacent to an activating group) is 1. The molecule has 0 aromatic heterocycles. The van der Waals surface area contributed by atoms with E-state index in [1.54, 1.807) is 12.0 Å². The summed E-state index contributed by atoms with van der Waals surface area (Å²) < 4.78 is 5.33. The van der Waals surface area contributed by atoms with Crippen LogP contribution in [0.2, 0.25) is 0 Å². The molecule has 0 saturated carbocycles. The lowest BCUT2D eigenvalue weighted by Gasteiger charge is -2.34. The first-order valence-corrected chi connectivity index (χ1v) is 8.73. The van der Waals surface area contributed by atoms with Crippen LogP contribution < -0.4 is 10.1 Å². The van der Waals surface area contributed by atoms with Crippen molar-refractivity contribution in [2.45, 2.75) is 38.8 Å². The van der Waals surface area contributed by atoms with Crippen LogP contribution in [0.25, 0.3) is 0 Å². The molecule has 2 rings (SSSR count). The van der Waals surface area contributed by atoms with Crippen LogP contribution in [0.1, 0.15) is 36.9 Å². The molecular weight excluding hydrogens is 302 g/mol. The molecule has 1 N–H and O–H groups in total. The van der Waals surface area contributed by atoms with Crippen molar-refractivity contribution in [3.63, 3.8) is 0 Å². The van der Waals surface area contributed by atoms with Gasteiger partial charge in [-0.3, -0.25) is 9.69 Å². The first-order valence-electron chi connectivity index (χ1n) is 8.73. The highest BCUT2D eigenvalue weighted by Gasteiger charge is 2.22. The molecule has 0 unspecified atom stereocenters. The Hall–Kier alpha value is -1.59. The Bertz CT molecular complexity index is 552. The van der Waals surface area contributed by atoms with Crippen LogP contribution in [0.15, 0.2) is 18.2 Å². The standard InChI is InChI=1S/C19H31N3O2/c1-14-12-16(6-7-18(14)24-5)15(2)20-17-8-10-22(11-9-17)13-19(23)21(3)4/h6-7,12,15,17,20H,8-11,13H2,1-5H3/t15-/m0/s1. The van der Waals surface area contributed by atoms with Crippen molar-refractivity contribution in [1.82, 2.24) is 15.1 Å². The zero-order valence-corrected chi connectivity index (χ0v) is 15.6. The molecule has 1 aromatic carbocycles. The summed E-state index contributed by atoms with van der Waals surface area (Å²) in [6.07, 6.45) is 2.17. The Balaban J connectivity index is 1.83. The fraction of sp³-hybridized carbons (Fsp3) is 0.632. The number of hydrogen-bond acceptors (Lipinski definition) is 4. The highest BCUT2D eigenvalue weighted by Crippen LogP contribution is 2.23. The third-order valence-corrected chi connectivity index (χ3v) is 4.85. The molecule has 0 aliphatic carbocycles. The number of nitrogens with one attached hydrogen (secondary N) is 1. The smallest absolute Gasteiger partial charge is 0.236 e. The summed E-state index contributed by atoms with van der Waals surface area (Å²) >= 11 is 0. The van der Waals surface area contributed by atoms with Crippen molar-refractivity contribution in [2.24, 2.45) is 0 Å².